The van der Waals surface area contributed by atoms with E-state index < -0.39 is 32.3 Å². The van der Waals surface area contributed by atoms with E-state index >= 15 is 0 Å². The highest BCUT2D eigenvalue weighted by molar-refractivity contribution is 14.1. The van der Waals surface area contributed by atoms with Crippen molar-refractivity contribution >= 4 is 32.7 Å². The normalized spacial score (nSPS) is 11.6. The van der Waals surface area contributed by atoms with E-state index in [1.54, 1.807) is 22.6 Å². The predicted molar refractivity (Wildman–Crippen MR) is 54.0 cm³/mol. The molecule has 0 saturated heterocycles. The van der Waals surface area contributed by atoms with Gasteiger partial charge in [0.15, 0.2) is 16.4 Å². The van der Waals surface area contributed by atoms with Gasteiger partial charge in [-0.1, -0.05) is 0 Å². The summed E-state index contributed by atoms with van der Waals surface area (Å²) in [6, 6.07) is 0.902. The molecule has 0 fully saturated rings. The Labute approximate surface area is 92.7 Å². The van der Waals surface area contributed by atoms with Crippen LogP contribution in [0, 0.1) is 3.57 Å². The van der Waals surface area contributed by atoms with Crippen molar-refractivity contribution in [1.29, 1.82) is 0 Å². The third-order valence-corrected chi connectivity index (χ3v) is 3.16. The van der Waals surface area contributed by atoms with Gasteiger partial charge in [0, 0.05) is 0 Å². The van der Waals surface area contributed by atoms with Gasteiger partial charge in [-0.05, 0) is 28.7 Å². The average Bonchev–Trinajstić information content (AvgIpc) is 1.97. The van der Waals surface area contributed by atoms with Crippen LogP contribution in [0.15, 0.2) is 11.0 Å². The Morgan fingerprint density at radius 2 is 1.64 bits per heavy atom. The van der Waals surface area contributed by atoms with Crippen LogP contribution in [-0.2, 0) is 10.1 Å². The topological polar surface area (TPSA) is 115 Å². The SMILES string of the molecule is O=S(=O)(O)c1c(O)cc(I)c(O)c1O. The van der Waals surface area contributed by atoms with Crippen molar-refractivity contribution in [3.05, 3.63) is 9.64 Å². The van der Waals surface area contributed by atoms with E-state index in [0.717, 1.165) is 6.07 Å². The molecule has 1 aromatic rings. The van der Waals surface area contributed by atoms with Crippen LogP contribution in [0.1, 0.15) is 0 Å². The van der Waals surface area contributed by atoms with Gasteiger partial charge in [-0.3, -0.25) is 4.55 Å². The minimum Gasteiger partial charge on any atom is -0.506 e. The number of halogens is 1. The summed E-state index contributed by atoms with van der Waals surface area (Å²) in [5, 5.41) is 27.4. The van der Waals surface area contributed by atoms with E-state index in [-0.39, 0.29) is 3.57 Å². The zero-order chi connectivity index (χ0) is 11.1. The van der Waals surface area contributed by atoms with Crippen LogP contribution in [0.5, 0.6) is 17.2 Å². The van der Waals surface area contributed by atoms with Crippen LogP contribution in [0.25, 0.3) is 0 Å². The maximum absolute atomic E-state index is 10.7. The quantitative estimate of drug-likeness (QED) is 0.260. The van der Waals surface area contributed by atoms with E-state index in [0.29, 0.717) is 0 Å². The molecule has 0 saturated carbocycles. The lowest BCUT2D eigenvalue weighted by atomic mass is 10.3. The van der Waals surface area contributed by atoms with Gasteiger partial charge in [0.2, 0.25) is 0 Å². The fourth-order valence-electron chi connectivity index (χ4n) is 0.850. The lowest BCUT2D eigenvalue weighted by Gasteiger charge is -2.07. The Kier molecular flexibility index (Phi) is 2.78. The van der Waals surface area contributed by atoms with Crippen molar-refractivity contribution in [3.8, 4) is 17.2 Å². The summed E-state index contributed by atoms with van der Waals surface area (Å²) in [4.78, 5) is -1.10. The van der Waals surface area contributed by atoms with Crippen LogP contribution >= 0.6 is 22.6 Å². The lowest BCUT2D eigenvalue weighted by molar-refractivity contribution is 0.371. The zero-order valence-corrected chi connectivity index (χ0v) is 9.44. The predicted octanol–water partition coefficient (Wildman–Crippen LogP) is 0.655. The molecule has 0 aliphatic carbocycles. The Morgan fingerprint density at radius 3 is 2.07 bits per heavy atom. The molecule has 78 valence electrons. The molecule has 8 heteroatoms. The molecule has 0 aliphatic rings. The minimum atomic E-state index is -4.77. The van der Waals surface area contributed by atoms with E-state index in [1.807, 2.05) is 0 Å². The highest BCUT2D eigenvalue weighted by atomic mass is 127. The molecule has 0 unspecified atom stereocenters. The summed E-state index contributed by atoms with van der Waals surface area (Å²) in [6.45, 7) is 0. The van der Waals surface area contributed by atoms with Crippen molar-refractivity contribution in [2.24, 2.45) is 0 Å². The van der Waals surface area contributed by atoms with Gasteiger partial charge in [0.05, 0.1) is 3.57 Å². The van der Waals surface area contributed by atoms with E-state index in [2.05, 4.69) is 0 Å². The molecule has 0 radical (unpaired) electrons. The molecule has 6 nitrogen and oxygen atoms in total. The number of phenols is 3. The molecular weight excluding hydrogens is 327 g/mol. The van der Waals surface area contributed by atoms with Gasteiger partial charge in [-0.2, -0.15) is 8.42 Å². The smallest absolute Gasteiger partial charge is 0.302 e. The molecule has 1 aromatic carbocycles. The third-order valence-electron chi connectivity index (χ3n) is 1.42. The number of benzene rings is 1. The second-order valence-electron chi connectivity index (χ2n) is 2.38. The second-order valence-corrected chi connectivity index (χ2v) is 4.90. The largest absolute Gasteiger partial charge is 0.506 e. The number of phenolic OH excluding ortho intramolecular Hbond substituents is 3. The molecule has 0 aromatic heterocycles. The molecule has 0 aliphatic heterocycles. The van der Waals surface area contributed by atoms with Crippen molar-refractivity contribution in [2.75, 3.05) is 0 Å². The Balaban J connectivity index is 3.70. The maximum atomic E-state index is 10.7. The fourth-order valence-corrected chi connectivity index (χ4v) is 2.06. The summed E-state index contributed by atoms with van der Waals surface area (Å²) in [5.41, 5.74) is 0. The van der Waals surface area contributed by atoms with E-state index in [4.69, 9.17) is 19.9 Å². The van der Waals surface area contributed by atoms with Crippen molar-refractivity contribution in [2.45, 2.75) is 4.90 Å². The van der Waals surface area contributed by atoms with Gasteiger partial charge in [-0.25, -0.2) is 0 Å². The maximum Gasteiger partial charge on any atom is 0.302 e. The molecule has 14 heavy (non-hydrogen) atoms. The molecule has 0 amide bonds. The first kappa shape index (κ1) is 11.3. The Morgan fingerprint density at radius 1 is 1.14 bits per heavy atom. The minimum absolute atomic E-state index is 0.0602. The van der Waals surface area contributed by atoms with Crippen LogP contribution in [-0.4, -0.2) is 28.3 Å². The van der Waals surface area contributed by atoms with E-state index in [1.165, 1.54) is 0 Å². The van der Waals surface area contributed by atoms with Gasteiger partial charge in [0.1, 0.15) is 5.75 Å². The molecule has 0 spiro atoms. The Hall–Kier alpha value is -0.740. The van der Waals surface area contributed by atoms with Crippen LogP contribution < -0.4 is 0 Å². The monoisotopic (exact) mass is 332 g/mol. The first-order chi connectivity index (χ1) is 6.25. The third kappa shape index (κ3) is 1.86. The Bertz CT molecular complexity index is 480. The van der Waals surface area contributed by atoms with Crippen LogP contribution in [0.3, 0.4) is 0 Å². The standard InChI is InChI=1S/C6H5IO6S/c7-2-1-3(8)6(14(11,12)13)5(10)4(2)9/h1,8-10H,(H,11,12,13). The summed E-state index contributed by atoms with van der Waals surface area (Å²) in [6.07, 6.45) is 0. The zero-order valence-electron chi connectivity index (χ0n) is 6.47. The molecule has 4 N–H and O–H groups in total. The summed E-state index contributed by atoms with van der Waals surface area (Å²) in [5.74, 6) is -2.61. The van der Waals surface area contributed by atoms with Gasteiger partial charge >= 0.3 is 10.1 Å². The molecule has 0 heterocycles. The van der Waals surface area contributed by atoms with Crippen LogP contribution in [0.4, 0.5) is 0 Å². The van der Waals surface area contributed by atoms with Crippen molar-refractivity contribution in [1.82, 2.24) is 0 Å². The number of hydrogen-bond acceptors (Lipinski definition) is 5. The van der Waals surface area contributed by atoms with Gasteiger partial charge in [-0.15, -0.1) is 0 Å². The van der Waals surface area contributed by atoms with Crippen molar-refractivity contribution < 1.29 is 28.3 Å². The summed E-state index contributed by atoms with van der Waals surface area (Å²) in [7, 11) is -4.77. The molecular formula is C6H5IO6S. The van der Waals surface area contributed by atoms with Gasteiger partial charge < -0.3 is 15.3 Å². The fraction of sp³-hybridized carbons (Fsp3) is 0. The van der Waals surface area contributed by atoms with Crippen LogP contribution in [0.2, 0.25) is 0 Å². The number of aromatic hydroxyl groups is 3. The second kappa shape index (κ2) is 3.44. The lowest BCUT2D eigenvalue weighted by Crippen LogP contribution is -1.99. The average molecular weight is 332 g/mol. The molecule has 1 rings (SSSR count). The summed E-state index contributed by atoms with van der Waals surface area (Å²) >= 11 is 1.57. The van der Waals surface area contributed by atoms with Gasteiger partial charge in [0.25, 0.3) is 0 Å². The van der Waals surface area contributed by atoms with Crippen molar-refractivity contribution in [3.63, 3.8) is 0 Å². The molecule has 0 atom stereocenters. The summed E-state index contributed by atoms with van der Waals surface area (Å²) < 4.78 is 30.0. The first-order valence-corrected chi connectivity index (χ1v) is 5.68. The number of rotatable bonds is 1. The highest BCUT2D eigenvalue weighted by Gasteiger charge is 2.25. The number of hydrogen-bond donors (Lipinski definition) is 4. The first-order valence-electron chi connectivity index (χ1n) is 3.16. The highest BCUT2D eigenvalue weighted by Crippen LogP contribution is 2.41. The molecule has 0 bridgehead atoms. The van der Waals surface area contributed by atoms with E-state index in [9.17, 15) is 8.42 Å².